The van der Waals surface area contributed by atoms with Crippen LogP contribution in [0.1, 0.15) is 5.69 Å². The molecule has 0 saturated carbocycles. The van der Waals surface area contributed by atoms with Gasteiger partial charge in [-0.1, -0.05) is 23.4 Å². The van der Waals surface area contributed by atoms with E-state index in [2.05, 4.69) is 10.3 Å². The summed E-state index contributed by atoms with van der Waals surface area (Å²) in [6.45, 7) is 1.95. The molecule has 3 aromatic rings. The van der Waals surface area contributed by atoms with Crippen LogP contribution in [0.25, 0.3) is 16.9 Å². The largest absolute Gasteiger partial charge is 0.217 e. The Labute approximate surface area is 110 Å². The summed E-state index contributed by atoms with van der Waals surface area (Å²) in [5.74, 6) is -0.253. The van der Waals surface area contributed by atoms with Crippen molar-refractivity contribution in [2.75, 3.05) is 0 Å². The number of rotatable bonds is 2. The fourth-order valence-electron chi connectivity index (χ4n) is 2.02. The first-order valence-electron chi connectivity index (χ1n) is 5.99. The Morgan fingerprint density at radius 2 is 1.63 bits per heavy atom. The van der Waals surface area contributed by atoms with Gasteiger partial charge in [-0.3, -0.25) is 0 Å². The van der Waals surface area contributed by atoms with E-state index in [1.807, 2.05) is 37.3 Å². The molecule has 1 aromatic heterocycles. The molecular formula is C15H12FN3. The lowest BCUT2D eigenvalue weighted by Crippen LogP contribution is -1.98. The van der Waals surface area contributed by atoms with Crippen LogP contribution >= 0.6 is 0 Å². The Morgan fingerprint density at radius 1 is 0.947 bits per heavy atom. The zero-order valence-corrected chi connectivity index (χ0v) is 10.4. The van der Waals surface area contributed by atoms with Crippen LogP contribution in [-0.4, -0.2) is 15.0 Å². The van der Waals surface area contributed by atoms with Crippen LogP contribution in [-0.2, 0) is 0 Å². The maximum Gasteiger partial charge on any atom is 0.123 e. The van der Waals surface area contributed by atoms with Crippen molar-refractivity contribution in [1.82, 2.24) is 15.0 Å². The van der Waals surface area contributed by atoms with Crippen molar-refractivity contribution in [3.8, 4) is 16.9 Å². The summed E-state index contributed by atoms with van der Waals surface area (Å²) in [7, 11) is 0. The third-order valence-corrected chi connectivity index (χ3v) is 3.01. The average Bonchev–Trinajstić information content (AvgIpc) is 2.83. The number of aromatic nitrogens is 3. The molecule has 0 amide bonds. The predicted molar refractivity (Wildman–Crippen MR) is 71.5 cm³/mol. The van der Waals surface area contributed by atoms with Gasteiger partial charge in [0.15, 0.2) is 0 Å². The molecule has 3 rings (SSSR count). The zero-order valence-electron chi connectivity index (χ0n) is 10.4. The molecule has 3 nitrogen and oxygen atoms in total. The molecule has 0 fully saturated rings. The van der Waals surface area contributed by atoms with Gasteiger partial charge in [-0.25, -0.2) is 9.07 Å². The van der Waals surface area contributed by atoms with Crippen molar-refractivity contribution in [1.29, 1.82) is 0 Å². The minimum atomic E-state index is -0.253. The van der Waals surface area contributed by atoms with E-state index >= 15 is 0 Å². The van der Waals surface area contributed by atoms with E-state index < -0.39 is 0 Å². The molecule has 0 spiro atoms. The molecule has 4 heteroatoms. The second-order valence-electron chi connectivity index (χ2n) is 4.28. The van der Waals surface area contributed by atoms with E-state index in [4.69, 9.17) is 0 Å². The summed E-state index contributed by atoms with van der Waals surface area (Å²) in [6, 6.07) is 16.1. The molecule has 0 saturated heterocycles. The van der Waals surface area contributed by atoms with Crippen molar-refractivity contribution < 1.29 is 4.39 Å². The lowest BCUT2D eigenvalue weighted by molar-refractivity contribution is 0.628. The summed E-state index contributed by atoms with van der Waals surface area (Å²) in [6.07, 6.45) is 0. The molecule has 0 N–H and O–H groups in total. The molecule has 0 radical (unpaired) electrons. The number of halogens is 1. The molecule has 19 heavy (non-hydrogen) atoms. The van der Waals surface area contributed by atoms with Crippen molar-refractivity contribution in [2.45, 2.75) is 6.92 Å². The minimum Gasteiger partial charge on any atom is -0.217 e. The quantitative estimate of drug-likeness (QED) is 0.701. The Bertz CT molecular complexity index is 687. The Balaban J connectivity index is 2.06. The van der Waals surface area contributed by atoms with Crippen LogP contribution in [0.4, 0.5) is 4.39 Å². The van der Waals surface area contributed by atoms with E-state index in [9.17, 15) is 4.39 Å². The van der Waals surface area contributed by atoms with E-state index in [1.165, 1.54) is 12.1 Å². The summed E-state index contributed by atoms with van der Waals surface area (Å²) < 4.78 is 14.7. The first-order chi connectivity index (χ1) is 9.25. The summed E-state index contributed by atoms with van der Waals surface area (Å²) in [4.78, 5) is 0. The van der Waals surface area contributed by atoms with E-state index in [-0.39, 0.29) is 5.82 Å². The van der Waals surface area contributed by atoms with Crippen LogP contribution in [0.15, 0.2) is 54.6 Å². The van der Waals surface area contributed by atoms with Crippen LogP contribution < -0.4 is 0 Å². The summed E-state index contributed by atoms with van der Waals surface area (Å²) in [5, 5.41) is 8.34. The SMILES string of the molecule is Cc1c(-c2ccc(F)cc2)nnn1-c1ccccc1. The number of para-hydroxylation sites is 1. The van der Waals surface area contributed by atoms with Crippen molar-refractivity contribution >= 4 is 0 Å². The van der Waals surface area contributed by atoms with Gasteiger partial charge in [0.1, 0.15) is 11.5 Å². The van der Waals surface area contributed by atoms with Gasteiger partial charge in [-0.2, -0.15) is 0 Å². The summed E-state index contributed by atoms with van der Waals surface area (Å²) >= 11 is 0. The van der Waals surface area contributed by atoms with Crippen LogP contribution in [0.3, 0.4) is 0 Å². The van der Waals surface area contributed by atoms with Gasteiger partial charge in [0.25, 0.3) is 0 Å². The van der Waals surface area contributed by atoms with Gasteiger partial charge < -0.3 is 0 Å². The first-order valence-corrected chi connectivity index (χ1v) is 5.99. The normalized spacial score (nSPS) is 10.6. The topological polar surface area (TPSA) is 30.7 Å². The highest BCUT2D eigenvalue weighted by Crippen LogP contribution is 2.22. The van der Waals surface area contributed by atoms with Crippen LogP contribution in [0, 0.1) is 12.7 Å². The number of hydrogen-bond acceptors (Lipinski definition) is 2. The molecule has 0 aliphatic heterocycles. The highest BCUT2D eigenvalue weighted by molar-refractivity contribution is 5.61. The summed E-state index contributed by atoms with van der Waals surface area (Å²) in [5.41, 5.74) is 3.52. The van der Waals surface area contributed by atoms with Crippen molar-refractivity contribution in [2.24, 2.45) is 0 Å². The molecule has 94 valence electrons. The second-order valence-corrected chi connectivity index (χ2v) is 4.28. The first kappa shape index (κ1) is 11.6. The second kappa shape index (κ2) is 4.65. The van der Waals surface area contributed by atoms with Gasteiger partial charge in [0, 0.05) is 5.56 Å². The van der Waals surface area contributed by atoms with Gasteiger partial charge in [-0.05, 0) is 43.3 Å². The lowest BCUT2D eigenvalue weighted by atomic mass is 10.1. The third-order valence-electron chi connectivity index (χ3n) is 3.01. The van der Waals surface area contributed by atoms with Gasteiger partial charge in [0.05, 0.1) is 11.4 Å². The smallest absolute Gasteiger partial charge is 0.123 e. The third kappa shape index (κ3) is 2.12. The van der Waals surface area contributed by atoms with E-state index in [0.717, 1.165) is 22.6 Å². The predicted octanol–water partition coefficient (Wildman–Crippen LogP) is 3.38. The Kier molecular flexibility index (Phi) is 2.83. The lowest BCUT2D eigenvalue weighted by Gasteiger charge is -2.03. The average molecular weight is 253 g/mol. The maximum absolute atomic E-state index is 12.9. The highest BCUT2D eigenvalue weighted by Gasteiger charge is 2.11. The van der Waals surface area contributed by atoms with Gasteiger partial charge in [0.2, 0.25) is 0 Å². The molecule has 0 bridgehead atoms. The zero-order chi connectivity index (χ0) is 13.2. The molecule has 0 unspecified atom stereocenters. The molecule has 0 aliphatic rings. The van der Waals surface area contributed by atoms with E-state index in [1.54, 1.807) is 16.8 Å². The molecule has 2 aromatic carbocycles. The molecule has 0 aliphatic carbocycles. The van der Waals surface area contributed by atoms with Gasteiger partial charge in [-0.15, -0.1) is 5.10 Å². The minimum absolute atomic E-state index is 0.253. The van der Waals surface area contributed by atoms with Crippen molar-refractivity contribution in [3.05, 3.63) is 66.1 Å². The van der Waals surface area contributed by atoms with Crippen LogP contribution in [0.5, 0.6) is 0 Å². The number of benzene rings is 2. The fourth-order valence-corrected chi connectivity index (χ4v) is 2.02. The Hall–Kier alpha value is -2.49. The standard InChI is InChI=1S/C15H12FN3/c1-11-15(12-7-9-13(16)10-8-12)17-18-19(11)14-5-3-2-4-6-14/h2-10H,1H3. The molecular weight excluding hydrogens is 241 g/mol. The molecule has 1 heterocycles. The monoisotopic (exact) mass is 253 g/mol. The Morgan fingerprint density at radius 3 is 2.32 bits per heavy atom. The number of nitrogens with zero attached hydrogens (tertiary/aromatic N) is 3. The number of hydrogen-bond donors (Lipinski definition) is 0. The van der Waals surface area contributed by atoms with E-state index in [0.29, 0.717) is 0 Å². The van der Waals surface area contributed by atoms with Gasteiger partial charge >= 0.3 is 0 Å². The fraction of sp³-hybridized carbons (Fsp3) is 0.0667. The molecule has 0 atom stereocenters. The maximum atomic E-state index is 12.9. The van der Waals surface area contributed by atoms with Crippen molar-refractivity contribution in [3.63, 3.8) is 0 Å². The highest BCUT2D eigenvalue weighted by atomic mass is 19.1. The van der Waals surface area contributed by atoms with Crippen LogP contribution in [0.2, 0.25) is 0 Å².